The number of amides is 1. The highest BCUT2D eigenvalue weighted by Crippen LogP contribution is 2.16. The fraction of sp³-hybridized carbons (Fsp3) is 0.562. The zero-order valence-electron chi connectivity index (χ0n) is 12.7. The van der Waals surface area contributed by atoms with Crippen molar-refractivity contribution in [1.29, 1.82) is 0 Å². The van der Waals surface area contributed by atoms with Crippen LogP contribution in [-0.2, 0) is 9.53 Å². The molecule has 21 heavy (non-hydrogen) atoms. The SMILES string of the molecule is CC(C)COCCCC(=O)Nc1ccc(OCCI)cc1. The molecule has 0 aliphatic heterocycles. The number of carbonyl (C=O) groups is 1. The average molecular weight is 405 g/mol. The molecule has 1 N–H and O–H groups in total. The first-order chi connectivity index (χ1) is 10.1. The standard InChI is InChI=1S/C16H24INO3/c1-13(2)12-20-10-3-4-16(19)18-14-5-7-15(8-6-14)21-11-9-17/h5-8,13H,3-4,9-12H2,1-2H3,(H,18,19). The van der Waals surface area contributed by atoms with E-state index in [9.17, 15) is 4.79 Å². The lowest BCUT2D eigenvalue weighted by molar-refractivity contribution is -0.116. The van der Waals surface area contributed by atoms with Gasteiger partial charge in [-0.3, -0.25) is 4.79 Å². The molecule has 1 amide bonds. The van der Waals surface area contributed by atoms with Crippen LogP contribution >= 0.6 is 22.6 Å². The Morgan fingerprint density at radius 3 is 2.57 bits per heavy atom. The van der Waals surface area contributed by atoms with Gasteiger partial charge in [-0.2, -0.15) is 0 Å². The monoisotopic (exact) mass is 405 g/mol. The second-order valence-electron chi connectivity index (χ2n) is 5.18. The third-order valence-corrected chi connectivity index (χ3v) is 3.07. The Morgan fingerprint density at radius 1 is 1.24 bits per heavy atom. The van der Waals surface area contributed by atoms with Gasteiger partial charge in [-0.25, -0.2) is 0 Å². The van der Waals surface area contributed by atoms with Gasteiger partial charge in [0.15, 0.2) is 0 Å². The van der Waals surface area contributed by atoms with Gasteiger partial charge in [0.1, 0.15) is 5.75 Å². The van der Waals surface area contributed by atoms with E-state index in [0.29, 0.717) is 25.6 Å². The number of nitrogens with one attached hydrogen (secondary N) is 1. The zero-order chi connectivity index (χ0) is 15.5. The summed E-state index contributed by atoms with van der Waals surface area (Å²) in [4.78, 5) is 11.8. The summed E-state index contributed by atoms with van der Waals surface area (Å²) >= 11 is 2.27. The average Bonchev–Trinajstić information content (AvgIpc) is 2.46. The van der Waals surface area contributed by atoms with Crippen molar-refractivity contribution < 1.29 is 14.3 Å². The molecule has 1 rings (SSSR count). The summed E-state index contributed by atoms with van der Waals surface area (Å²) in [6, 6.07) is 7.45. The fourth-order valence-electron chi connectivity index (χ4n) is 1.67. The number of ether oxygens (including phenoxy) is 2. The maximum atomic E-state index is 11.8. The fourth-order valence-corrected chi connectivity index (χ4v) is 1.89. The van der Waals surface area contributed by atoms with Crippen LogP contribution in [0.2, 0.25) is 0 Å². The van der Waals surface area contributed by atoms with E-state index in [-0.39, 0.29) is 5.91 Å². The first-order valence-electron chi connectivity index (χ1n) is 7.28. The van der Waals surface area contributed by atoms with Crippen molar-refractivity contribution in [2.75, 3.05) is 29.6 Å². The lowest BCUT2D eigenvalue weighted by Gasteiger charge is -2.08. The van der Waals surface area contributed by atoms with Gasteiger partial charge >= 0.3 is 0 Å². The van der Waals surface area contributed by atoms with E-state index < -0.39 is 0 Å². The third kappa shape index (κ3) is 8.93. The van der Waals surface area contributed by atoms with E-state index in [2.05, 4.69) is 41.8 Å². The molecule has 0 saturated carbocycles. The molecule has 0 aliphatic rings. The van der Waals surface area contributed by atoms with E-state index in [4.69, 9.17) is 9.47 Å². The second kappa shape index (κ2) is 10.8. The van der Waals surface area contributed by atoms with Crippen LogP contribution in [0.5, 0.6) is 5.75 Å². The van der Waals surface area contributed by atoms with Gasteiger partial charge in [0.2, 0.25) is 5.91 Å². The highest BCUT2D eigenvalue weighted by atomic mass is 127. The summed E-state index contributed by atoms with van der Waals surface area (Å²) in [6.07, 6.45) is 1.22. The first kappa shape index (κ1) is 18.2. The van der Waals surface area contributed by atoms with E-state index in [1.54, 1.807) is 0 Å². The Balaban J connectivity index is 2.21. The molecule has 0 atom stereocenters. The third-order valence-electron chi connectivity index (χ3n) is 2.63. The number of hydrogen-bond donors (Lipinski definition) is 1. The Bertz CT molecular complexity index is 406. The van der Waals surface area contributed by atoms with Crippen molar-refractivity contribution in [2.45, 2.75) is 26.7 Å². The molecule has 4 nitrogen and oxygen atoms in total. The molecule has 0 aliphatic carbocycles. The number of halogens is 1. The largest absolute Gasteiger partial charge is 0.493 e. The minimum absolute atomic E-state index is 0.0177. The smallest absolute Gasteiger partial charge is 0.224 e. The van der Waals surface area contributed by atoms with Crippen LogP contribution < -0.4 is 10.1 Å². The molecular weight excluding hydrogens is 381 g/mol. The Kier molecular flexibility index (Phi) is 9.41. The molecule has 0 heterocycles. The molecule has 0 bridgehead atoms. The minimum Gasteiger partial charge on any atom is -0.493 e. The molecule has 0 radical (unpaired) electrons. The van der Waals surface area contributed by atoms with Gasteiger partial charge < -0.3 is 14.8 Å². The minimum atomic E-state index is 0.0177. The first-order valence-corrected chi connectivity index (χ1v) is 8.80. The molecule has 0 spiro atoms. The van der Waals surface area contributed by atoms with Gasteiger partial charge in [-0.05, 0) is 36.6 Å². The molecule has 0 aromatic heterocycles. The number of benzene rings is 1. The Labute approximate surface area is 140 Å². The van der Waals surface area contributed by atoms with Crippen LogP contribution in [0.4, 0.5) is 5.69 Å². The van der Waals surface area contributed by atoms with Crippen LogP contribution in [0.3, 0.4) is 0 Å². The van der Waals surface area contributed by atoms with Crippen LogP contribution in [-0.4, -0.2) is 30.2 Å². The zero-order valence-corrected chi connectivity index (χ0v) is 14.9. The lowest BCUT2D eigenvalue weighted by atomic mass is 10.2. The maximum Gasteiger partial charge on any atom is 0.224 e. The highest BCUT2D eigenvalue weighted by Gasteiger charge is 2.03. The van der Waals surface area contributed by atoms with Crippen molar-refractivity contribution in [3.8, 4) is 5.75 Å². The summed E-state index contributed by atoms with van der Waals surface area (Å²) in [5, 5.41) is 2.87. The Hall–Kier alpha value is -0.820. The van der Waals surface area contributed by atoms with Gasteiger partial charge in [-0.15, -0.1) is 0 Å². The van der Waals surface area contributed by atoms with Crippen molar-refractivity contribution in [2.24, 2.45) is 5.92 Å². The number of carbonyl (C=O) groups excluding carboxylic acids is 1. The summed E-state index contributed by atoms with van der Waals surface area (Å²) in [5.41, 5.74) is 0.796. The highest BCUT2D eigenvalue weighted by molar-refractivity contribution is 14.1. The van der Waals surface area contributed by atoms with Gasteiger partial charge in [0.05, 0.1) is 6.61 Å². The maximum absolute atomic E-state index is 11.8. The van der Waals surface area contributed by atoms with Crippen LogP contribution in [0.1, 0.15) is 26.7 Å². The van der Waals surface area contributed by atoms with Crippen LogP contribution in [0.25, 0.3) is 0 Å². The van der Waals surface area contributed by atoms with E-state index >= 15 is 0 Å². The normalized spacial score (nSPS) is 10.7. The topological polar surface area (TPSA) is 47.6 Å². The molecular formula is C16H24INO3. The van der Waals surface area contributed by atoms with Gasteiger partial charge in [0, 0.05) is 29.7 Å². The molecule has 118 valence electrons. The quantitative estimate of drug-likeness (QED) is 0.365. The number of hydrogen-bond acceptors (Lipinski definition) is 3. The molecule has 5 heteroatoms. The predicted octanol–water partition coefficient (Wildman–Crippen LogP) is 3.89. The van der Waals surface area contributed by atoms with Crippen molar-refractivity contribution in [3.05, 3.63) is 24.3 Å². The molecule has 1 aromatic carbocycles. The summed E-state index contributed by atoms with van der Waals surface area (Å²) in [5.74, 6) is 1.38. The summed E-state index contributed by atoms with van der Waals surface area (Å²) < 4.78 is 11.9. The van der Waals surface area contributed by atoms with Gasteiger partial charge in [-0.1, -0.05) is 36.4 Å². The van der Waals surface area contributed by atoms with Crippen molar-refractivity contribution >= 4 is 34.2 Å². The van der Waals surface area contributed by atoms with E-state index in [0.717, 1.165) is 28.9 Å². The van der Waals surface area contributed by atoms with Crippen molar-refractivity contribution in [3.63, 3.8) is 0 Å². The summed E-state index contributed by atoms with van der Waals surface area (Å²) in [6.45, 7) is 6.30. The number of anilines is 1. The molecule has 0 unspecified atom stereocenters. The lowest BCUT2D eigenvalue weighted by Crippen LogP contribution is -2.12. The van der Waals surface area contributed by atoms with Crippen molar-refractivity contribution in [1.82, 2.24) is 0 Å². The second-order valence-corrected chi connectivity index (χ2v) is 6.26. The molecule has 0 fully saturated rings. The van der Waals surface area contributed by atoms with E-state index in [1.807, 2.05) is 24.3 Å². The van der Waals surface area contributed by atoms with Gasteiger partial charge in [0.25, 0.3) is 0 Å². The summed E-state index contributed by atoms with van der Waals surface area (Å²) in [7, 11) is 0. The molecule has 1 aromatic rings. The predicted molar refractivity (Wildman–Crippen MR) is 94.3 cm³/mol. The van der Waals surface area contributed by atoms with Crippen LogP contribution in [0.15, 0.2) is 24.3 Å². The number of rotatable bonds is 10. The Morgan fingerprint density at radius 2 is 1.95 bits per heavy atom. The molecule has 0 saturated heterocycles. The number of alkyl halides is 1. The van der Waals surface area contributed by atoms with Crippen LogP contribution in [0, 0.1) is 5.92 Å². The van der Waals surface area contributed by atoms with E-state index in [1.165, 1.54) is 0 Å².